The number of H-pyrrole nitrogens is 1. The molecular weight excluding hydrogens is 394 g/mol. The van der Waals surface area contributed by atoms with Crippen LogP contribution < -0.4 is 4.72 Å². The first-order chi connectivity index (χ1) is 14.6. The van der Waals surface area contributed by atoms with Crippen molar-refractivity contribution in [1.82, 2.24) is 19.2 Å². The average Bonchev–Trinajstić information content (AvgIpc) is 3.42. The van der Waals surface area contributed by atoms with Crippen LogP contribution >= 0.6 is 0 Å². The lowest BCUT2D eigenvalue weighted by molar-refractivity contribution is -0.134. The Bertz CT molecular complexity index is 1040. The molecule has 156 valence electrons. The number of nitrogens with one attached hydrogen (secondary N) is 2. The number of thiol groups is 1. The molecule has 1 saturated heterocycles. The Morgan fingerprint density at radius 3 is 2.97 bits per heavy atom. The maximum absolute atomic E-state index is 13.3. The van der Waals surface area contributed by atoms with Crippen LogP contribution in [-0.2, 0) is 23.3 Å². The molecule has 1 aliphatic heterocycles. The number of fused-ring (bicyclic) bond motifs is 1. The van der Waals surface area contributed by atoms with E-state index < -0.39 is 0 Å². The molecular formula is C23H28N5OS+. The van der Waals surface area contributed by atoms with Crippen molar-refractivity contribution in [3.05, 3.63) is 54.5 Å². The summed E-state index contributed by atoms with van der Waals surface area (Å²) < 4.78 is 5.39. The Balaban J connectivity index is 1.45. The highest BCUT2D eigenvalue weighted by atomic mass is 32.2. The van der Waals surface area contributed by atoms with E-state index in [4.69, 9.17) is 0 Å². The minimum atomic E-state index is -0.284. The summed E-state index contributed by atoms with van der Waals surface area (Å²) in [6.07, 6.45) is 6.61. The SMILES string of the molecule is CC1CCN(C(=O)C(CCn2cccc2C#N)N[SH+]c2ccc3cc[nH]c3c2)CC1. The molecule has 3 heterocycles. The number of aromatic nitrogens is 2. The van der Waals surface area contributed by atoms with Crippen LogP contribution in [0.3, 0.4) is 0 Å². The molecule has 30 heavy (non-hydrogen) atoms. The van der Waals surface area contributed by atoms with Crippen LogP contribution in [0.1, 0.15) is 31.9 Å². The topological polar surface area (TPSA) is 76.8 Å². The fourth-order valence-electron chi connectivity index (χ4n) is 3.93. The van der Waals surface area contributed by atoms with Gasteiger partial charge in [-0.25, -0.2) is 0 Å². The summed E-state index contributed by atoms with van der Waals surface area (Å²) in [4.78, 5) is 19.7. The molecule has 6 nitrogen and oxygen atoms in total. The maximum Gasteiger partial charge on any atom is 0.244 e. The maximum atomic E-state index is 13.3. The average molecular weight is 423 g/mol. The number of likely N-dealkylation sites (tertiary alicyclic amines) is 1. The predicted molar refractivity (Wildman–Crippen MR) is 121 cm³/mol. The third kappa shape index (κ3) is 4.72. The van der Waals surface area contributed by atoms with Crippen LogP contribution in [-0.4, -0.2) is 39.5 Å². The van der Waals surface area contributed by atoms with Crippen LogP contribution in [0.15, 0.2) is 53.7 Å². The van der Waals surface area contributed by atoms with Crippen LogP contribution in [0.4, 0.5) is 0 Å². The molecule has 3 aromatic rings. The van der Waals surface area contributed by atoms with E-state index in [1.54, 1.807) is 6.07 Å². The standard InChI is InChI=1S/C23H27N5OS/c1-17-7-12-28(13-8-17)23(29)21(9-14-27-11-2-3-19(27)16-24)26-30-20-5-4-18-6-10-25-22(18)15-20/h2-6,10-11,15,17,21,25-26H,7-9,12-14H2,1H3/p+1. The summed E-state index contributed by atoms with van der Waals surface area (Å²) >= 11 is 0.919. The van der Waals surface area contributed by atoms with E-state index >= 15 is 0 Å². The summed E-state index contributed by atoms with van der Waals surface area (Å²) in [5, 5.41) is 10.4. The second-order valence-corrected chi connectivity index (χ2v) is 9.04. The van der Waals surface area contributed by atoms with Gasteiger partial charge in [-0.15, -0.1) is 4.72 Å². The van der Waals surface area contributed by atoms with E-state index in [0.717, 1.165) is 48.3 Å². The Hall–Kier alpha value is -2.69. The Morgan fingerprint density at radius 2 is 2.17 bits per heavy atom. The van der Waals surface area contributed by atoms with E-state index in [9.17, 15) is 10.1 Å². The van der Waals surface area contributed by atoms with Gasteiger partial charge in [0.2, 0.25) is 5.91 Å². The van der Waals surface area contributed by atoms with Crippen molar-refractivity contribution in [2.75, 3.05) is 13.1 Å². The number of hydrogen-bond donors (Lipinski definition) is 2. The highest BCUT2D eigenvalue weighted by molar-refractivity contribution is 7.76. The second-order valence-electron chi connectivity index (χ2n) is 8.04. The van der Waals surface area contributed by atoms with Crippen LogP contribution in [0.25, 0.3) is 10.9 Å². The zero-order valence-electron chi connectivity index (χ0n) is 17.2. The number of carbonyl (C=O) groups excluding carboxylic acids is 1. The van der Waals surface area contributed by atoms with Crippen molar-refractivity contribution >= 4 is 28.8 Å². The molecule has 1 atom stereocenters. The Labute approximate surface area is 181 Å². The predicted octanol–water partition coefficient (Wildman–Crippen LogP) is 3.24. The second kappa shape index (κ2) is 9.41. The van der Waals surface area contributed by atoms with Crippen molar-refractivity contribution in [3.63, 3.8) is 0 Å². The number of amides is 1. The number of nitriles is 1. The summed E-state index contributed by atoms with van der Waals surface area (Å²) in [5.41, 5.74) is 1.73. The van der Waals surface area contributed by atoms with Crippen molar-refractivity contribution in [2.45, 2.75) is 43.7 Å². The molecule has 4 rings (SSSR count). The molecule has 2 aromatic heterocycles. The van der Waals surface area contributed by atoms with Crippen molar-refractivity contribution < 1.29 is 4.79 Å². The molecule has 0 bridgehead atoms. The number of aromatic amines is 1. The van der Waals surface area contributed by atoms with E-state index in [-0.39, 0.29) is 11.9 Å². The van der Waals surface area contributed by atoms with Gasteiger partial charge in [-0.2, -0.15) is 5.26 Å². The monoisotopic (exact) mass is 422 g/mol. The number of aryl methyl sites for hydroxylation is 1. The van der Waals surface area contributed by atoms with E-state index in [2.05, 4.69) is 47.0 Å². The molecule has 0 radical (unpaired) electrons. The van der Waals surface area contributed by atoms with Gasteiger partial charge in [-0.05, 0) is 60.9 Å². The molecule has 1 unspecified atom stereocenters. The third-order valence-corrected chi connectivity index (χ3v) is 6.86. The number of rotatable bonds is 7. The van der Waals surface area contributed by atoms with E-state index in [1.165, 1.54) is 5.39 Å². The third-order valence-electron chi connectivity index (χ3n) is 5.88. The van der Waals surface area contributed by atoms with Gasteiger partial charge in [0.15, 0.2) is 4.90 Å². The largest absolute Gasteiger partial charge is 0.361 e. The number of nitrogens with zero attached hydrogens (tertiary/aromatic N) is 3. The highest BCUT2D eigenvalue weighted by Crippen LogP contribution is 2.19. The van der Waals surface area contributed by atoms with Crippen molar-refractivity contribution in [1.29, 1.82) is 5.26 Å². The number of piperidine rings is 1. The first kappa shape index (κ1) is 20.6. The summed E-state index contributed by atoms with van der Waals surface area (Å²) in [6, 6.07) is 14.0. The quantitative estimate of drug-likeness (QED) is 0.453. The Kier molecular flexibility index (Phi) is 6.46. The zero-order chi connectivity index (χ0) is 20.9. The summed E-state index contributed by atoms with van der Waals surface area (Å²) in [7, 11) is 0. The highest BCUT2D eigenvalue weighted by Gasteiger charge is 2.29. The first-order valence-electron chi connectivity index (χ1n) is 10.5. The van der Waals surface area contributed by atoms with Gasteiger partial charge >= 0.3 is 0 Å². The summed E-state index contributed by atoms with van der Waals surface area (Å²) in [6.45, 7) is 4.55. The lowest BCUT2D eigenvalue weighted by Crippen LogP contribution is -2.49. The van der Waals surface area contributed by atoms with Crippen LogP contribution in [0.5, 0.6) is 0 Å². The molecule has 1 aromatic carbocycles. The molecule has 0 saturated carbocycles. The van der Waals surface area contributed by atoms with Crippen LogP contribution in [0.2, 0.25) is 0 Å². The summed E-state index contributed by atoms with van der Waals surface area (Å²) in [5.74, 6) is 0.852. The normalized spacial score (nSPS) is 15.9. The molecule has 1 fully saturated rings. The fourth-order valence-corrected chi connectivity index (χ4v) is 4.82. The number of hydrogen-bond acceptors (Lipinski definition) is 3. The van der Waals surface area contributed by atoms with Gasteiger partial charge in [0.25, 0.3) is 0 Å². The van der Waals surface area contributed by atoms with Gasteiger partial charge in [0, 0.05) is 38.1 Å². The van der Waals surface area contributed by atoms with Crippen molar-refractivity contribution in [2.24, 2.45) is 5.92 Å². The van der Waals surface area contributed by atoms with E-state index in [1.807, 2.05) is 27.9 Å². The zero-order valence-corrected chi connectivity index (χ0v) is 18.1. The molecule has 0 aliphatic carbocycles. The molecule has 7 heteroatoms. The number of carbonyl (C=O) groups is 1. The van der Waals surface area contributed by atoms with Gasteiger partial charge in [0.05, 0.1) is 17.5 Å². The lowest BCUT2D eigenvalue weighted by atomic mass is 9.98. The molecule has 1 aliphatic rings. The van der Waals surface area contributed by atoms with E-state index in [0.29, 0.717) is 24.6 Å². The smallest absolute Gasteiger partial charge is 0.244 e. The van der Waals surface area contributed by atoms with Gasteiger partial charge in [-0.1, -0.05) is 6.92 Å². The van der Waals surface area contributed by atoms with Gasteiger partial charge in [0.1, 0.15) is 17.8 Å². The number of benzene rings is 1. The first-order valence-corrected chi connectivity index (χ1v) is 11.4. The van der Waals surface area contributed by atoms with Crippen molar-refractivity contribution in [3.8, 4) is 6.07 Å². The Morgan fingerprint density at radius 1 is 1.33 bits per heavy atom. The molecule has 2 N–H and O–H groups in total. The lowest BCUT2D eigenvalue weighted by Gasteiger charge is -2.32. The van der Waals surface area contributed by atoms with Crippen LogP contribution in [0, 0.1) is 17.2 Å². The van der Waals surface area contributed by atoms with Gasteiger partial charge < -0.3 is 14.5 Å². The van der Waals surface area contributed by atoms with Gasteiger partial charge in [-0.3, -0.25) is 4.79 Å². The minimum absolute atomic E-state index is 0.168. The molecule has 1 amide bonds. The minimum Gasteiger partial charge on any atom is -0.361 e. The fraction of sp³-hybridized carbons (Fsp3) is 0.391. The molecule has 0 spiro atoms.